The number of carbonyl (C=O) groups excluding carboxylic acids is 1. The maximum absolute atomic E-state index is 12.1. The summed E-state index contributed by atoms with van der Waals surface area (Å²) in [6.45, 7) is 1.82. The third kappa shape index (κ3) is 3.69. The molecule has 0 radical (unpaired) electrons. The van der Waals surface area contributed by atoms with Crippen molar-refractivity contribution in [1.82, 2.24) is 4.98 Å². The van der Waals surface area contributed by atoms with Gasteiger partial charge in [-0.15, -0.1) is 0 Å². The number of ether oxygens (including phenoxy) is 1. The molecule has 5 nitrogen and oxygen atoms in total. The number of aryl methyl sites for hydroxylation is 2. The standard InChI is InChI=1S/C18H18N2O3/c1-12-19-16-10-13(6-8-17(16)23-12)7-9-18(21)20-14-4-3-5-15(11-14)22-2/h3-6,8,10-11H,7,9H2,1-2H3,(H,20,21). The average Bonchev–Trinajstić information content (AvgIpc) is 2.92. The SMILES string of the molecule is COc1cccc(NC(=O)CCc2ccc3oc(C)nc3c2)c1. The van der Waals surface area contributed by atoms with Crippen molar-refractivity contribution in [1.29, 1.82) is 0 Å². The van der Waals surface area contributed by atoms with E-state index in [1.54, 1.807) is 13.2 Å². The number of fused-ring (bicyclic) bond motifs is 1. The number of oxazole rings is 1. The van der Waals surface area contributed by atoms with E-state index in [1.807, 2.05) is 43.3 Å². The number of anilines is 1. The molecule has 0 bridgehead atoms. The van der Waals surface area contributed by atoms with Gasteiger partial charge in [0.25, 0.3) is 0 Å². The second kappa shape index (κ2) is 6.52. The quantitative estimate of drug-likeness (QED) is 0.780. The summed E-state index contributed by atoms with van der Waals surface area (Å²) in [6.07, 6.45) is 1.05. The highest BCUT2D eigenvalue weighted by atomic mass is 16.5. The Labute approximate surface area is 134 Å². The maximum Gasteiger partial charge on any atom is 0.224 e. The second-order valence-electron chi connectivity index (χ2n) is 5.32. The van der Waals surface area contributed by atoms with Crippen LogP contribution in [0.4, 0.5) is 5.69 Å². The molecule has 1 amide bonds. The van der Waals surface area contributed by atoms with Gasteiger partial charge < -0.3 is 14.5 Å². The molecule has 0 saturated carbocycles. The minimum Gasteiger partial charge on any atom is -0.497 e. The van der Waals surface area contributed by atoms with Crippen LogP contribution in [-0.2, 0) is 11.2 Å². The highest BCUT2D eigenvalue weighted by Gasteiger charge is 2.07. The molecule has 0 saturated heterocycles. The van der Waals surface area contributed by atoms with Gasteiger partial charge in [-0.2, -0.15) is 0 Å². The molecule has 23 heavy (non-hydrogen) atoms. The zero-order chi connectivity index (χ0) is 16.2. The van der Waals surface area contributed by atoms with E-state index in [1.165, 1.54) is 0 Å². The Kier molecular flexibility index (Phi) is 4.28. The van der Waals surface area contributed by atoms with Crippen molar-refractivity contribution in [2.75, 3.05) is 12.4 Å². The van der Waals surface area contributed by atoms with Crippen molar-refractivity contribution in [3.63, 3.8) is 0 Å². The summed E-state index contributed by atoms with van der Waals surface area (Å²) in [7, 11) is 1.60. The van der Waals surface area contributed by atoms with Crippen molar-refractivity contribution in [2.24, 2.45) is 0 Å². The lowest BCUT2D eigenvalue weighted by atomic mass is 10.1. The Balaban J connectivity index is 1.61. The van der Waals surface area contributed by atoms with Crippen LogP contribution in [0.15, 0.2) is 46.9 Å². The zero-order valence-electron chi connectivity index (χ0n) is 13.1. The molecule has 0 spiro atoms. The Morgan fingerprint density at radius 1 is 1.26 bits per heavy atom. The minimum atomic E-state index is -0.0327. The normalized spacial score (nSPS) is 10.7. The minimum absolute atomic E-state index is 0.0327. The topological polar surface area (TPSA) is 64.4 Å². The zero-order valence-corrected chi connectivity index (χ0v) is 13.1. The lowest BCUT2D eigenvalue weighted by Crippen LogP contribution is -2.12. The summed E-state index contributed by atoms with van der Waals surface area (Å²) in [5.74, 6) is 1.33. The molecule has 3 aromatic rings. The van der Waals surface area contributed by atoms with Crippen LogP contribution >= 0.6 is 0 Å². The number of benzene rings is 2. The Morgan fingerprint density at radius 3 is 2.96 bits per heavy atom. The van der Waals surface area contributed by atoms with Crippen molar-refractivity contribution < 1.29 is 13.9 Å². The molecule has 118 valence electrons. The summed E-state index contributed by atoms with van der Waals surface area (Å²) >= 11 is 0. The van der Waals surface area contributed by atoms with Gasteiger partial charge in [-0.25, -0.2) is 4.98 Å². The third-order valence-electron chi connectivity index (χ3n) is 3.55. The monoisotopic (exact) mass is 310 g/mol. The van der Waals surface area contributed by atoms with E-state index < -0.39 is 0 Å². The van der Waals surface area contributed by atoms with E-state index in [9.17, 15) is 4.79 Å². The highest BCUT2D eigenvalue weighted by molar-refractivity contribution is 5.91. The number of hydrogen-bond acceptors (Lipinski definition) is 4. The van der Waals surface area contributed by atoms with Crippen molar-refractivity contribution in [3.8, 4) is 5.75 Å². The molecule has 3 rings (SSSR count). The number of hydrogen-bond donors (Lipinski definition) is 1. The molecule has 1 N–H and O–H groups in total. The number of rotatable bonds is 5. The van der Waals surface area contributed by atoms with Gasteiger partial charge >= 0.3 is 0 Å². The van der Waals surface area contributed by atoms with Gasteiger partial charge in [-0.3, -0.25) is 4.79 Å². The van der Waals surface area contributed by atoms with Crippen LogP contribution in [0.25, 0.3) is 11.1 Å². The van der Waals surface area contributed by atoms with E-state index in [2.05, 4.69) is 10.3 Å². The van der Waals surface area contributed by atoms with Gasteiger partial charge in [-0.1, -0.05) is 12.1 Å². The van der Waals surface area contributed by atoms with Gasteiger partial charge in [0.1, 0.15) is 11.3 Å². The molecule has 2 aromatic carbocycles. The first-order valence-electron chi connectivity index (χ1n) is 7.44. The first-order chi connectivity index (χ1) is 11.1. The molecule has 0 aliphatic heterocycles. The maximum atomic E-state index is 12.1. The molecule has 0 aliphatic rings. The number of amides is 1. The van der Waals surface area contributed by atoms with Gasteiger partial charge in [0, 0.05) is 25.1 Å². The fourth-order valence-corrected chi connectivity index (χ4v) is 2.43. The molecule has 1 heterocycles. The Morgan fingerprint density at radius 2 is 2.13 bits per heavy atom. The van der Waals surface area contributed by atoms with Crippen molar-refractivity contribution >= 4 is 22.7 Å². The second-order valence-corrected chi connectivity index (χ2v) is 5.32. The molecule has 5 heteroatoms. The summed E-state index contributed by atoms with van der Waals surface area (Å²) in [4.78, 5) is 16.4. The van der Waals surface area contributed by atoms with Crippen LogP contribution in [-0.4, -0.2) is 18.0 Å². The van der Waals surface area contributed by atoms with Crippen LogP contribution < -0.4 is 10.1 Å². The Hall–Kier alpha value is -2.82. The van der Waals surface area contributed by atoms with E-state index in [-0.39, 0.29) is 5.91 Å². The molecule has 0 aliphatic carbocycles. The van der Waals surface area contributed by atoms with Crippen LogP contribution in [0.5, 0.6) is 5.75 Å². The lowest BCUT2D eigenvalue weighted by molar-refractivity contribution is -0.116. The van der Waals surface area contributed by atoms with E-state index in [4.69, 9.17) is 9.15 Å². The van der Waals surface area contributed by atoms with Crippen molar-refractivity contribution in [3.05, 3.63) is 53.9 Å². The largest absolute Gasteiger partial charge is 0.497 e. The molecular weight excluding hydrogens is 292 g/mol. The lowest BCUT2D eigenvalue weighted by Gasteiger charge is -2.07. The van der Waals surface area contributed by atoms with Crippen LogP contribution in [0, 0.1) is 6.92 Å². The van der Waals surface area contributed by atoms with Gasteiger partial charge in [0.2, 0.25) is 5.91 Å². The molecule has 0 fully saturated rings. The Bertz CT molecular complexity index is 839. The molecule has 1 aromatic heterocycles. The van der Waals surface area contributed by atoms with Gasteiger partial charge in [0.15, 0.2) is 11.5 Å². The highest BCUT2D eigenvalue weighted by Crippen LogP contribution is 2.19. The summed E-state index contributed by atoms with van der Waals surface area (Å²) in [5, 5.41) is 2.88. The van der Waals surface area contributed by atoms with Crippen molar-refractivity contribution in [2.45, 2.75) is 19.8 Å². The molecular formula is C18H18N2O3. The predicted octanol–water partition coefficient (Wildman–Crippen LogP) is 3.72. The summed E-state index contributed by atoms with van der Waals surface area (Å²) < 4.78 is 10.6. The van der Waals surface area contributed by atoms with Gasteiger partial charge in [-0.05, 0) is 36.2 Å². The van der Waals surface area contributed by atoms with Crippen LogP contribution in [0.2, 0.25) is 0 Å². The van der Waals surface area contributed by atoms with E-state index in [0.717, 1.165) is 28.1 Å². The van der Waals surface area contributed by atoms with E-state index >= 15 is 0 Å². The van der Waals surface area contributed by atoms with Crippen LogP contribution in [0.3, 0.4) is 0 Å². The molecule has 0 unspecified atom stereocenters. The smallest absolute Gasteiger partial charge is 0.224 e. The van der Waals surface area contributed by atoms with Crippen LogP contribution in [0.1, 0.15) is 17.9 Å². The number of aromatic nitrogens is 1. The number of methoxy groups -OCH3 is 1. The van der Waals surface area contributed by atoms with Gasteiger partial charge in [0.05, 0.1) is 7.11 Å². The summed E-state index contributed by atoms with van der Waals surface area (Å²) in [5.41, 5.74) is 3.39. The molecule has 0 atom stereocenters. The first kappa shape index (κ1) is 15.1. The average molecular weight is 310 g/mol. The fourth-order valence-electron chi connectivity index (χ4n) is 2.43. The first-order valence-corrected chi connectivity index (χ1v) is 7.44. The number of nitrogens with zero attached hydrogens (tertiary/aromatic N) is 1. The number of carbonyl (C=O) groups is 1. The fraction of sp³-hybridized carbons (Fsp3) is 0.222. The predicted molar refractivity (Wildman–Crippen MR) is 88.7 cm³/mol. The number of nitrogens with one attached hydrogen (secondary N) is 1. The third-order valence-corrected chi connectivity index (χ3v) is 3.55. The van der Waals surface area contributed by atoms with E-state index in [0.29, 0.717) is 18.7 Å². The summed E-state index contributed by atoms with van der Waals surface area (Å²) in [6, 6.07) is 13.1.